The van der Waals surface area contributed by atoms with Crippen LogP contribution in [0.15, 0.2) is 4.99 Å². The number of guanidine groups is 1. The van der Waals surface area contributed by atoms with Gasteiger partial charge in [0.05, 0.1) is 13.2 Å². The number of rotatable bonds is 8. The van der Waals surface area contributed by atoms with E-state index in [1.54, 1.807) is 7.11 Å². The van der Waals surface area contributed by atoms with Gasteiger partial charge in [-0.05, 0) is 12.8 Å². The third-order valence-corrected chi connectivity index (χ3v) is 4.66. The van der Waals surface area contributed by atoms with E-state index >= 15 is 0 Å². The Labute approximate surface area is 127 Å². The van der Waals surface area contributed by atoms with Crippen LogP contribution in [-0.4, -0.2) is 75.5 Å². The number of hydrogen-bond donors (Lipinski definition) is 1. The van der Waals surface area contributed by atoms with Gasteiger partial charge in [0.1, 0.15) is 0 Å². The highest BCUT2D eigenvalue weighted by Gasteiger charge is 2.21. The van der Waals surface area contributed by atoms with Crippen molar-refractivity contribution < 1.29 is 9.47 Å². The van der Waals surface area contributed by atoms with Crippen molar-refractivity contribution in [3.63, 3.8) is 0 Å². The van der Waals surface area contributed by atoms with E-state index in [-0.39, 0.29) is 0 Å². The average molecular weight is 303 g/mol. The minimum Gasteiger partial charge on any atom is -0.382 e. The highest BCUT2D eigenvalue weighted by Crippen LogP contribution is 2.20. The summed E-state index contributed by atoms with van der Waals surface area (Å²) in [5, 5.41) is 4.17. The molecule has 0 aliphatic carbocycles. The maximum absolute atomic E-state index is 5.45. The molecular formula is C14H29N3O2S. The third-order valence-electron chi connectivity index (χ3n) is 3.29. The van der Waals surface area contributed by atoms with Gasteiger partial charge in [-0.25, -0.2) is 0 Å². The highest BCUT2D eigenvalue weighted by atomic mass is 32.2. The molecule has 5 nitrogen and oxygen atoms in total. The van der Waals surface area contributed by atoms with Gasteiger partial charge >= 0.3 is 0 Å². The van der Waals surface area contributed by atoms with E-state index in [9.17, 15) is 0 Å². The first-order chi connectivity index (χ1) is 9.81. The van der Waals surface area contributed by atoms with E-state index < -0.39 is 0 Å². The quantitative estimate of drug-likeness (QED) is 0.418. The van der Waals surface area contributed by atoms with E-state index in [1.165, 1.54) is 12.2 Å². The van der Waals surface area contributed by atoms with Crippen molar-refractivity contribution in [2.45, 2.75) is 25.0 Å². The van der Waals surface area contributed by atoms with Crippen LogP contribution in [0, 0.1) is 0 Å². The predicted octanol–water partition coefficient (Wildman–Crippen LogP) is 1.44. The maximum Gasteiger partial charge on any atom is 0.193 e. The van der Waals surface area contributed by atoms with Crippen LogP contribution in [0.5, 0.6) is 0 Å². The zero-order valence-corrected chi connectivity index (χ0v) is 13.9. The molecule has 1 atom stereocenters. The first kappa shape index (κ1) is 17.6. The molecule has 1 heterocycles. The number of ether oxygens (including phenoxy) is 2. The summed E-state index contributed by atoms with van der Waals surface area (Å²) >= 11 is 2.08. The summed E-state index contributed by atoms with van der Waals surface area (Å²) in [5.74, 6) is 2.22. The Hall–Kier alpha value is -0.460. The molecule has 1 aliphatic heterocycles. The van der Waals surface area contributed by atoms with Gasteiger partial charge in [-0.1, -0.05) is 6.92 Å². The molecule has 1 fully saturated rings. The Kier molecular flexibility index (Phi) is 9.87. The average Bonchev–Trinajstić information content (AvgIpc) is 2.50. The van der Waals surface area contributed by atoms with Gasteiger partial charge < -0.3 is 19.7 Å². The monoisotopic (exact) mass is 303 g/mol. The smallest absolute Gasteiger partial charge is 0.193 e. The molecule has 0 amide bonds. The van der Waals surface area contributed by atoms with Crippen LogP contribution in [0.25, 0.3) is 0 Å². The molecule has 6 heteroatoms. The summed E-state index contributed by atoms with van der Waals surface area (Å²) in [7, 11) is 3.55. The second kappa shape index (κ2) is 11.2. The number of aliphatic imine (C=N–C) groups is 1. The first-order valence-corrected chi connectivity index (χ1v) is 8.50. The maximum atomic E-state index is 5.45. The van der Waals surface area contributed by atoms with Gasteiger partial charge in [0.25, 0.3) is 0 Å². The lowest BCUT2D eigenvalue weighted by Gasteiger charge is -2.34. The fraction of sp³-hybridized carbons (Fsp3) is 0.929. The number of methoxy groups -OCH3 is 1. The predicted molar refractivity (Wildman–Crippen MR) is 86.8 cm³/mol. The Morgan fingerprint density at radius 2 is 2.25 bits per heavy atom. The van der Waals surface area contributed by atoms with E-state index in [4.69, 9.17) is 9.47 Å². The van der Waals surface area contributed by atoms with Crippen molar-refractivity contribution in [2.24, 2.45) is 4.99 Å². The Balaban J connectivity index is 2.16. The lowest BCUT2D eigenvalue weighted by molar-refractivity contribution is 0.0698. The fourth-order valence-corrected chi connectivity index (χ4v) is 3.29. The summed E-state index contributed by atoms with van der Waals surface area (Å²) in [4.78, 5) is 6.76. The lowest BCUT2D eigenvalue weighted by atomic mass is 10.3. The van der Waals surface area contributed by atoms with E-state index in [0.29, 0.717) is 13.2 Å². The SMILES string of the molecule is CCC1CN(C(=NC)NCCCOCCOC)CCS1. The molecule has 1 saturated heterocycles. The molecule has 1 aliphatic rings. The molecule has 0 aromatic rings. The van der Waals surface area contributed by atoms with Crippen LogP contribution in [0.2, 0.25) is 0 Å². The van der Waals surface area contributed by atoms with Crippen LogP contribution in [0.3, 0.4) is 0 Å². The second-order valence-electron chi connectivity index (χ2n) is 4.78. The first-order valence-electron chi connectivity index (χ1n) is 7.45. The summed E-state index contributed by atoms with van der Waals surface area (Å²) in [6, 6.07) is 0. The van der Waals surface area contributed by atoms with Gasteiger partial charge in [-0.2, -0.15) is 11.8 Å². The molecule has 0 bridgehead atoms. The van der Waals surface area contributed by atoms with Crippen LogP contribution in [0.4, 0.5) is 0 Å². The normalized spacial score (nSPS) is 20.2. The molecule has 0 saturated carbocycles. The molecule has 0 radical (unpaired) electrons. The number of nitrogens with one attached hydrogen (secondary N) is 1. The zero-order valence-electron chi connectivity index (χ0n) is 13.1. The van der Waals surface area contributed by atoms with Gasteiger partial charge in [0, 0.05) is 51.4 Å². The largest absolute Gasteiger partial charge is 0.382 e. The Bertz CT molecular complexity index is 277. The fourth-order valence-electron chi connectivity index (χ4n) is 2.11. The summed E-state index contributed by atoms with van der Waals surface area (Å²) < 4.78 is 10.4. The highest BCUT2D eigenvalue weighted by molar-refractivity contribution is 8.00. The van der Waals surface area contributed by atoms with Crippen LogP contribution >= 0.6 is 11.8 Å². The number of nitrogens with zero attached hydrogens (tertiary/aromatic N) is 2. The van der Waals surface area contributed by atoms with Crippen LogP contribution in [-0.2, 0) is 9.47 Å². The van der Waals surface area contributed by atoms with Gasteiger partial charge in [-0.3, -0.25) is 4.99 Å². The van der Waals surface area contributed by atoms with E-state index in [0.717, 1.165) is 43.9 Å². The second-order valence-corrected chi connectivity index (χ2v) is 6.19. The Morgan fingerprint density at radius 3 is 2.95 bits per heavy atom. The molecule has 1 unspecified atom stereocenters. The zero-order chi connectivity index (χ0) is 14.6. The molecule has 0 aromatic heterocycles. The van der Waals surface area contributed by atoms with Gasteiger partial charge in [0.2, 0.25) is 0 Å². The van der Waals surface area contributed by atoms with Crippen LogP contribution < -0.4 is 5.32 Å². The molecule has 0 spiro atoms. The van der Waals surface area contributed by atoms with Crippen molar-refractivity contribution in [1.82, 2.24) is 10.2 Å². The molecule has 1 rings (SSSR count). The van der Waals surface area contributed by atoms with Gasteiger partial charge in [0.15, 0.2) is 5.96 Å². The lowest BCUT2D eigenvalue weighted by Crippen LogP contribution is -2.48. The summed E-state index contributed by atoms with van der Waals surface area (Å²) in [6.45, 7) is 7.46. The van der Waals surface area contributed by atoms with Gasteiger partial charge in [-0.15, -0.1) is 0 Å². The van der Waals surface area contributed by atoms with Crippen molar-refractivity contribution in [3.05, 3.63) is 0 Å². The van der Waals surface area contributed by atoms with Crippen molar-refractivity contribution >= 4 is 17.7 Å². The molecule has 118 valence electrons. The number of hydrogen-bond acceptors (Lipinski definition) is 4. The molecule has 0 aromatic carbocycles. The Morgan fingerprint density at radius 1 is 1.40 bits per heavy atom. The minimum atomic E-state index is 0.666. The van der Waals surface area contributed by atoms with Crippen molar-refractivity contribution in [3.8, 4) is 0 Å². The summed E-state index contributed by atoms with van der Waals surface area (Å²) in [5.41, 5.74) is 0. The summed E-state index contributed by atoms with van der Waals surface area (Å²) in [6.07, 6.45) is 2.22. The van der Waals surface area contributed by atoms with Crippen molar-refractivity contribution in [2.75, 3.05) is 59.4 Å². The standard InChI is InChI=1S/C14H29N3O2S/c1-4-13-12-17(7-11-20-13)14(15-2)16-6-5-8-19-10-9-18-3/h13H,4-12H2,1-3H3,(H,15,16). The molecule has 20 heavy (non-hydrogen) atoms. The van der Waals surface area contributed by atoms with E-state index in [1.807, 2.05) is 7.05 Å². The van der Waals surface area contributed by atoms with Crippen LogP contribution in [0.1, 0.15) is 19.8 Å². The topological polar surface area (TPSA) is 46.1 Å². The molecular weight excluding hydrogens is 274 g/mol. The van der Waals surface area contributed by atoms with E-state index in [2.05, 4.69) is 33.9 Å². The number of thioether (sulfide) groups is 1. The van der Waals surface area contributed by atoms with Crippen molar-refractivity contribution in [1.29, 1.82) is 0 Å². The third kappa shape index (κ3) is 6.81. The molecule has 1 N–H and O–H groups in total. The minimum absolute atomic E-state index is 0.666.